The largest absolute Gasteiger partial charge is 0.374 e. The molecule has 0 aliphatic carbocycles. The predicted molar refractivity (Wildman–Crippen MR) is 49.2 cm³/mol. The van der Waals surface area contributed by atoms with Crippen molar-refractivity contribution in [3.63, 3.8) is 0 Å². The van der Waals surface area contributed by atoms with E-state index in [1.807, 2.05) is 0 Å². The third-order valence-corrected chi connectivity index (χ3v) is 2.66. The van der Waals surface area contributed by atoms with E-state index >= 15 is 0 Å². The van der Waals surface area contributed by atoms with Crippen LogP contribution in [0.5, 0.6) is 0 Å². The molecule has 0 N–H and O–H groups in total. The fourth-order valence-electron chi connectivity index (χ4n) is 1.68. The Kier molecular flexibility index (Phi) is 1.69. The van der Waals surface area contributed by atoms with Gasteiger partial charge in [-0.1, -0.05) is 30.3 Å². The molecular weight excluding hydrogens is 148 g/mol. The average molecular weight is 162 g/mol. The van der Waals surface area contributed by atoms with Gasteiger partial charge in [-0.05, 0) is 19.4 Å². The maximum Gasteiger partial charge on any atom is 0.0717 e. The third kappa shape index (κ3) is 1.14. The lowest BCUT2D eigenvalue weighted by atomic mass is 9.81. The first-order chi connectivity index (χ1) is 5.70. The van der Waals surface area contributed by atoms with E-state index in [-0.39, 0.29) is 5.60 Å². The molecule has 1 aromatic carbocycles. The molecule has 1 aliphatic rings. The van der Waals surface area contributed by atoms with Gasteiger partial charge in [-0.15, -0.1) is 0 Å². The van der Waals surface area contributed by atoms with Gasteiger partial charge in [0.1, 0.15) is 0 Å². The molecule has 0 aromatic heterocycles. The van der Waals surface area contributed by atoms with E-state index in [0.29, 0.717) is 5.92 Å². The van der Waals surface area contributed by atoms with Gasteiger partial charge in [0, 0.05) is 5.92 Å². The fourth-order valence-corrected chi connectivity index (χ4v) is 1.68. The summed E-state index contributed by atoms with van der Waals surface area (Å²) in [6.45, 7) is 5.17. The van der Waals surface area contributed by atoms with Crippen LogP contribution in [0.2, 0.25) is 0 Å². The summed E-state index contributed by atoms with van der Waals surface area (Å²) in [4.78, 5) is 0. The SMILES string of the molecule is CC1(C)OCC1c1ccccc1. The quantitative estimate of drug-likeness (QED) is 0.616. The Morgan fingerprint density at radius 3 is 2.33 bits per heavy atom. The molecule has 64 valence electrons. The highest BCUT2D eigenvalue weighted by Crippen LogP contribution is 2.39. The highest BCUT2D eigenvalue weighted by molar-refractivity contribution is 5.24. The monoisotopic (exact) mass is 162 g/mol. The van der Waals surface area contributed by atoms with Crippen molar-refractivity contribution in [2.75, 3.05) is 6.61 Å². The van der Waals surface area contributed by atoms with Gasteiger partial charge < -0.3 is 4.74 Å². The lowest BCUT2D eigenvalue weighted by molar-refractivity contribution is -0.145. The van der Waals surface area contributed by atoms with E-state index in [9.17, 15) is 0 Å². The van der Waals surface area contributed by atoms with E-state index < -0.39 is 0 Å². The minimum Gasteiger partial charge on any atom is -0.374 e. The van der Waals surface area contributed by atoms with Crippen molar-refractivity contribution in [1.82, 2.24) is 0 Å². The van der Waals surface area contributed by atoms with Crippen LogP contribution in [0.25, 0.3) is 0 Å². The van der Waals surface area contributed by atoms with E-state index in [2.05, 4.69) is 44.2 Å². The zero-order valence-electron chi connectivity index (χ0n) is 7.58. The predicted octanol–water partition coefficient (Wildman–Crippen LogP) is 2.58. The zero-order valence-corrected chi connectivity index (χ0v) is 7.58. The molecule has 1 nitrogen and oxygen atoms in total. The molecule has 1 heterocycles. The first-order valence-electron chi connectivity index (χ1n) is 4.39. The summed E-state index contributed by atoms with van der Waals surface area (Å²) in [7, 11) is 0. The van der Waals surface area contributed by atoms with Crippen LogP contribution in [0.1, 0.15) is 25.3 Å². The Morgan fingerprint density at radius 2 is 1.92 bits per heavy atom. The van der Waals surface area contributed by atoms with Crippen molar-refractivity contribution in [2.24, 2.45) is 0 Å². The Bertz CT molecular complexity index is 264. The molecule has 1 fully saturated rings. The molecule has 1 heteroatoms. The smallest absolute Gasteiger partial charge is 0.0717 e. The second-order valence-corrected chi connectivity index (χ2v) is 3.88. The van der Waals surface area contributed by atoms with Crippen LogP contribution in [0.3, 0.4) is 0 Å². The van der Waals surface area contributed by atoms with Crippen molar-refractivity contribution >= 4 is 0 Å². The lowest BCUT2D eigenvalue weighted by Crippen LogP contribution is -2.46. The number of ether oxygens (including phenoxy) is 1. The molecule has 1 aromatic rings. The van der Waals surface area contributed by atoms with Crippen molar-refractivity contribution in [3.8, 4) is 0 Å². The second kappa shape index (κ2) is 2.60. The topological polar surface area (TPSA) is 9.23 Å². The van der Waals surface area contributed by atoms with Crippen LogP contribution in [-0.2, 0) is 4.74 Å². The van der Waals surface area contributed by atoms with E-state index in [0.717, 1.165) is 6.61 Å². The van der Waals surface area contributed by atoms with Gasteiger partial charge in [0.05, 0.1) is 12.2 Å². The first-order valence-corrected chi connectivity index (χ1v) is 4.39. The van der Waals surface area contributed by atoms with Gasteiger partial charge >= 0.3 is 0 Å². The molecule has 1 saturated heterocycles. The number of rotatable bonds is 1. The summed E-state index contributed by atoms with van der Waals surface area (Å²) in [6, 6.07) is 10.6. The molecule has 0 saturated carbocycles. The molecule has 1 unspecified atom stereocenters. The molecule has 0 amide bonds. The normalized spacial score (nSPS) is 26.3. The van der Waals surface area contributed by atoms with Gasteiger partial charge in [0.2, 0.25) is 0 Å². The van der Waals surface area contributed by atoms with Gasteiger partial charge in [-0.25, -0.2) is 0 Å². The van der Waals surface area contributed by atoms with Crippen LogP contribution in [0.15, 0.2) is 30.3 Å². The molecular formula is C11H14O. The summed E-state index contributed by atoms with van der Waals surface area (Å²) in [6.07, 6.45) is 0. The van der Waals surface area contributed by atoms with E-state index in [1.54, 1.807) is 0 Å². The molecule has 0 spiro atoms. The van der Waals surface area contributed by atoms with Gasteiger partial charge in [0.25, 0.3) is 0 Å². The number of benzene rings is 1. The Labute approximate surface area is 73.4 Å². The van der Waals surface area contributed by atoms with Crippen molar-refractivity contribution in [1.29, 1.82) is 0 Å². The first kappa shape index (κ1) is 7.81. The number of hydrogen-bond donors (Lipinski definition) is 0. The Balaban J connectivity index is 2.22. The molecule has 1 atom stereocenters. The zero-order chi connectivity index (χ0) is 8.60. The minimum atomic E-state index is 0.0430. The second-order valence-electron chi connectivity index (χ2n) is 3.88. The fraction of sp³-hybridized carbons (Fsp3) is 0.455. The molecule has 0 radical (unpaired) electrons. The summed E-state index contributed by atoms with van der Waals surface area (Å²) in [5.41, 5.74) is 1.44. The average Bonchev–Trinajstić information content (AvgIpc) is 2.05. The van der Waals surface area contributed by atoms with E-state index in [4.69, 9.17) is 4.74 Å². The molecule has 12 heavy (non-hydrogen) atoms. The van der Waals surface area contributed by atoms with Crippen molar-refractivity contribution < 1.29 is 4.74 Å². The summed E-state index contributed by atoms with van der Waals surface area (Å²) < 4.78 is 5.49. The van der Waals surface area contributed by atoms with Gasteiger partial charge in [-0.3, -0.25) is 0 Å². The molecule has 1 aliphatic heterocycles. The van der Waals surface area contributed by atoms with Crippen LogP contribution in [0, 0.1) is 0 Å². The molecule has 0 bridgehead atoms. The summed E-state index contributed by atoms with van der Waals surface area (Å²) >= 11 is 0. The highest BCUT2D eigenvalue weighted by Gasteiger charge is 2.40. The van der Waals surface area contributed by atoms with Crippen LogP contribution < -0.4 is 0 Å². The maximum absolute atomic E-state index is 5.49. The van der Waals surface area contributed by atoms with Crippen molar-refractivity contribution in [3.05, 3.63) is 35.9 Å². The Morgan fingerprint density at radius 1 is 1.25 bits per heavy atom. The van der Waals surface area contributed by atoms with Crippen molar-refractivity contribution in [2.45, 2.75) is 25.4 Å². The van der Waals surface area contributed by atoms with E-state index in [1.165, 1.54) is 5.56 Å². The molecule has 2 rings (SSSR count). The van der Waals surface area contributed by atoms with Crippen LogP contribution >= 0.6 is 0 Å². The number of hydrogen-bond acceptors (Lipinski definition) is 1. The standard InChI is InChI=1S/C11H14O/c1-11(2)10(8-12-11)9-6-4-3-5-7-9/h3-7,10H,8H2,1-2H3. The van der Waals surface area contributed by atoms with Gasteiger partial charge in [-0.2, -0.15) is 0 Å². The van der Waals surface area contributed by atoms with Crippen LogP contribution in [-0.4, -0.2) is 12.2 Å². The third-order valence-electron chi connectivity index (χ3n) is 2.66. The lowest BCUT2D eigenvalue weighted by Gasteiger charge is -2.44. The Hall–Kier alpha value is -0.820. The van der Waals surface area contributed by atoms with Crippen LogP contribution in [0.4, 0.5) is 0 Å². The highest BCUT2D eigenvalue weighted by atomic mass is 16.5. The summed E-state index contributed by atoms with van der Waals surface area (Å²) in [5, 5.41) is 0. The minimum absolute atomic E-state index is 0.0430. The maximum atomic E-state index is 5.49. The van der Waals surface area contributed by atoms with Gasteiger partial charge in [0.15, 0.2) is 0 Å². The summed E-state index contributed by atoms with van der Waals surface area (Å²) in [5.74, 6) is 0.582.